The third kappa shape index (κ3) is 5.54. The molecule has 0 radical (unpaired) electrons. The Bertz CT molecular complexity index is 3520. The molecule has 13 rings (SSSR count). The summed E-state index contributed by atoms with van der Waals surface area (Å²) in [4.78, 5) is 2.39. The summed E-state index contributed by atoms with van der Waals surface area (Å²) in [5.41, 5.74) is 18.5. The highest BCUT2D eigenvalue weighted by Crippen LogP contribution is 2.57. The molecule has 10 aromatic carbocycles. The molecule has 1 aliphatic carbocycles. The first-order valence-corrected chi connectivity index (χ1v) is 21.9. The van der Waals surface area contributed by atoms with Crippen LogP contribution in [0.4, 0.5) is 17.1 Å². The van der Waals surface area contributed by atoms with Crippen LogP contribution in [0.15, 0.2) is 245 Å². The molecule has 64 heavy (non-hydrogen) atoms. The average molecular weight is 818 g/mol. The van der Waals surface area contributed by atoms with E-state index in [0.29, 0.717) is 0 Å². The van der Waals surface area contributed by atoms with Crippen LogP contribution in [-0.2, 0) is 5.41 Å². The molecule has 0 aliphatic heterocycles. The van der Waals surface area contributed by atoms with Gasteiger partial charge in [0.1, 0.15) is 22.3 Å². The fourth-order valence-electron chi connectivity index (χ4n) is 10.4. The highest BCUT2D eigenvalue weighted by molar-refractivity contribution is 6.07. The lowest BCUT2D eigenvalue weighted by atomic mass is 9.68. The number of rotatable bonds is 7. The first-order valence-electron chi connectivity index (χ1n) is 21.9. The number of hydrogen-bond donors (Lipinski definition) is 0. The summed E-state index contributed by atoms with van der Waals surface area (Å²) in [6.45, 7) is 0. The molecule has 2 aromatic heterocycles. The zero-order valence-corrected chi connectivity index (χ0v) is 34.8. The first kappa shape index (κ1) is 36.3. The van der Waals surface area contributed by atoms with Crippen molar-refractivity contribution < 1.29 is 8.83 Å². The van der Waals surface area contributed by atoms with E-state index in [-0.39, 0.29) is 0 Å². The molecule has 12 aromatic rings. The second kappa shape index (κ2) is 14.3. The van der Waals surface area contributed by atoms with Crippen molar-refractivity contribution in [3.8, 4) is 33.4 Å². The number of hydrogen-bond acceptors (Lipinski definition) is 3. The van der Waals surface area contributed by atoms with E-state index in [2.05, 4.69) is 217 Å². The number of nitrogens with zero attached hydrogens (tertiary/aromatic N) is 1. The number of anilines is 3. The molecule has 0 unspecified atom stereocenters. The van der Waals surface area contributed by atoms with E-state index in [4.69, 9.17) is 8.83 Å². The van der Waals surface area contributed by atoms with E-state index in [1.54, 1.807) is 0 Å². The maximum absolute atomic E-state index is 6.17. The van der Waals surface area contributed by atoms with Crippen LogP contribution >= 0.6 is 0 Å². The van der Waals surface area contributed by atoms with Gasteiger partial charge in [0.05, 0.1) is 5.41 Å². The fraction of sp³-hybridized carbons (Fsp3) is 0.0164. The minimum atomic E-state index is -0.468. The number of fused-ring (bicyclic) bond motifs is 9. The monoisotopic (exact) mass is 817 g/mol. The molecular weight excluding hydrogens is 779 g/mol. The number of furan rings is 2. The Kier molecular flexibility index (Phi) is 8.13. The normalized spacial score (nSPS) is 12.8. The fourth-order valence-corrected chi connectivity index (χ4v) is 10.4. The van der Waals surface area contributed by atoms with Crippen molar-refractivity contribution in [3.05, 3.63) is 259 Å². The Morgan fingerprint density at radius 2 is 0.703 bits per heavy atom. The van der Waals surface area contributed by atoms with Crippen LogP contribution in [0.25, 0.3) is 77.3 Å². The molecule has 3 nitrogen and oxygen atoms in total. The zero-order chi connectivity index (χ0) is 42.2. The molecule has 0 fully saturated rings. The third-order valence-corrected chi connectivity index (χ3v) is 13.4. The van der Waals surface area contributed by atoms with Crippen LogP contribution in [0.5, 0.6) is 0 Å². The van der Waals surface area contributed by atoms with E-state index in [0.717, 1.165) is 83.2 Å². The van der Waals surface area contributed by atoms with E-state index < -0.39 is 5.41 Å². The summed E-state index contributed by atoms with van der Waals surface area (Å²) in [5.74, 6) is 0. The molecule has 2 heterocycles. The Labute approximate surface area is 370 Å². The van der Waals surface area contributed by atoms with Crippen LogP contribution in [0.2, 0.25) is 0 Å². The average Bonchev–Trinajstić information content (AvgIpc) is 4.03. The van der Waals surface area contributed by atoms with E-state index in [9.17, 15) is 0 Å². The van der Waals surface area contributed by atoms with Gasteiger partial charge in [-0.05, 0) is 128 Å². The van der Waals surface area contributed by atoms with Gasteiger partial charge in [-0.15, -0.1) is 0 Å². The van der Waals surface area contributed by atoms with Gasteiger partial charge >= 0.3 is 0 Å². The molecular formula is C61H39NO2. The van der Waals surface area contributed by atoms with Gasteiger partial charge in [0, 0.05) is 38.6 Å². The highest BCUT2D eigenvalue weighted by atomic mass is 16.3. The smallest absolute Gasteiger partial charge is 0.135 e. The van der Waals surface area contributed by atoms with Crippen LogP contribution in [0.3, 0.4) is 0 Å². The summed E-state index contributed by atoms with van der Waals surface area (Å²) in [5, 5.41) is 4.51. The predicted molar refractivity (Wildman–Crippen MR) is 264 cm³/mol. The van der Waals surface area contributed by atoms with Crippen molar-refractivity contribution in [2.75, 3.05) is 4.90 Å². The van der Waals surface area contributed by atoms with Gasteiger partial charge in [-0.2, -0.15) is 0 Å². The maximum atomic E-state index is 6.17. The first-order chi connectivity index (χ1) is 31.7. The Morgan fingerprint density at radius 3 is 1.25 bits per heavy atom. The molecule has 300 valence electrons. The SMILES string of the molecule is c1ccc(C2(c3ccccc3)c3ccccc3-c3cc(N(c4ccc(-c5ccc6oc7ccccc7c6c5)cc4)c4ccc(-c5ccc6oc7ccccc7c6c5)cc4)ccc32)cc1. The van der Waals surface area contributed by atoms with Gasteiger partial charge < -0.3 is 13.7 Å². The minimum absolute atomic E-state index is 0.468. The Morgan fingerprint density at radius 1 is 0.281 bits per heavy atom. The number of para-hydroxylation sites is 2. The van der Waals surface area contributed by atoms with Crippen molar-refractivity contribution >= 4 is 60.9 Å². The van der Waals surface area contributed by atoms with Crippen molar-refractivity contribution in [1.82, 2.24) is 0 Å². The lowest BCUT2D eigenvalue weighted by molar-refractivity contribution is 0.668. The zero-order valence-electron chi connectivity index (χ0n) is 34.8. The highest BCUT2D eigenvalue weighted by Gasteiger charge is 2.46. The van der Waals surface area contributed by atoms with Gasteiger partial charge in [0.25, 0.3) is 0 Å². The summed E-state index contributed by atoms with van der Waals surface area (Å²) in [6.07, 6.45) is 0. The van der Waals surface area contributed by atoms with Gasteiger partial charge in [-0.25, -0.2) is 0 Å². The van der Waals surface area contributed by atoms with Crippen molar-refractivity contribution in [1.29, 1.82) is 0 Å². The molecule has 1 aliphatic rings. The molecule has 0 N–H and O–H groups in total. The summed E-state index contributed by atoms with van der Waals surface area (Å²) >= 11 is 0. The standard InChI is InChI=1S/C61H39NO2/c1-3-13-44(14-4-1)61(45-15-5-2-6-16-45)55-20-10-7-17-49(55)52-39-48(33-34-56(52)61)62(46-29-23-40(24-30-46)42-27-35-59-53(37-42)50-18-8-11-21-57(50)63-59)47-31-25-41(26-32-47)43-28-36-60-54(38-43)51-19-9-12-22-58(51)64-60/h1-39H. The maximum Gasteiger partial charge on any atom is 0.135 e. The molecule has 3 heteroatoms. The van der Waals surface area contributed by atoms with Crippen LogP contribution in [0.1, 0.15) is 22.3 Å². The molecule has 0 amide bonds. The number of benzene rings is 10. The van der Waals surface area contributed by atoms with E-state index in [1.165, 1.54) is 33.4 Å². The van der Waals surface area contributed by atoms with Crippen molar-refractivity contribution in [2.45, 2.75) is 5.41 Å². The van der Waals surface area contributed by atoms with Gasteiger partial charge in [-0.3, -0.25) is 0 Å². The lowest BCUT2D eigenvalue weighted by Crippen LogP contribution is -2.28. The van der Waals surface area contributed by atoms with Gasteiger partial charge in [0.2, 0.25) is 0 Å². The van der Waals surface area contributed by atoms with E-state index in [1.807, 2.05) is 24.3 Å². The minimum Gasteiger partial charge on any atom is -0.456 e. The topological polar surface area (TPSA) is 29.5 Å². The largest absolute Gasteiger partial charge is 0.456 e. The predicted octanol–water partition coefficient (Wildman–Crippen LogP) is 16.7. The molecule has 0 bridgehead atoms. The van der Waals surface area contributed by atoms with Gasteiger partial charge in [-0.1, -0.05) is 164 Å². The van der Waals surface area contributed by atoms with Crippen LogP contribution in [0, 0.1) is 0 Å². The summed E-state index contributed by atoms with van der Waals surface area (Å²) < 4.78 is 12.3. The Hall–Kier alpha value is -8.40. The molecule has 0 spiro atoms. The second-order valence-corrected chi connectivity index (χ2v) is 16.8. The van der Waals surface area contributed by atoms with Crippen LogP contribution in [-0.4, -0.2) is 0 Å². The Balaban J connectivity index is 0.958. The molecule has 0 saturated carbocycles. The molecule has 0 saturated heterocycles. The lowest BCUT2D eigenvalue weighted by Gasteiger charge is -2.34. The quantitative estimate of drug-likeness (QED) is 0.160. The van der Waals surface area contributed by atoms with E-state index >= 15 is 0 Å². The summed E-state index contributed by atoms with van der Waals surface area (Å²) in [7, 11) is 0. The van der Waals surface area contributed by atoms with Crippen molar-refractivity contribution in [2.24, 2.45) is 0 Å². The third-order valence-electron chi connectivity index (χ3n) is 13.4. The second-order valence-electron chi connectivity index (χ2n) is 16.8. The summed E-state index contributed by atoms with van der Waals surface area (Å²) in [6, 6.07) is 85.5. The van der Waals surface area contributed by atoms with Crippen molar-refractivity contribution in [3.63, 3.8) is 0 Å². The van der Waals surface area contributed by atoms with Gasteiger partial charge in [0.15, 0.2) is 0 Å². The van der Waals surface area contributed by atoms with Crippen LogP contribution < -0.4 is 4.90 Å². The molecule has 0 atom stereocenters.